The molecule has 1 fully saturated rings. The van der Waals surface area contributed by atoms with Crippen LogP contribution in [0.1, 0.15) is 13.8 Å². The largest absolute Gasteiger partial charge is 0.348 e. The lowest BCUT2D eigenvalue weighted by molar-refractivity contribution is -0.113. The SMILES string of the molecule is C[CH]C1(C)OCCO1. The van der Waals surface area contributed by atoms with Gasteiger partial charge in [0.25, 0.3) is 0 Å². The average Bonchev–Trinajstić information content (AvgIpc) is 2.17. The lowest BCUT2D eigenvalue weighted by Gasteiger charge is -2.18. The molecule has 0 saturated carbocycles. The normalized spacial score (nSPS) is 26.2. The highest BCUT2D eigenvalue weighted by Crippen LogP contribution is 2.20. The smallest absolute Gasteiger partial charge is 0.168 e. The van der Waals surface area contributed by atoms with Gasteiger partial charge < -0.3 is 9.47 Å². The van der Waals surface area contributed by atoms with E-state index in [0.717, 1.165) is 13.2 Å². The molecule has 0 unspecified atom stereocenters. The Balaban J connectivity index is 2.40. The van der Waals surface area contributed by atoms with Crippen molar-refractivity contribution >= 4 is 0 Å². The van der Waals surface area contributed by atoms with Gasteiger partial charge in [-0.1, -0.05) is 6.92 Å². The highest BCUT2D eigenvalue weighted by molar-refractivity contribution is 4.80. The molecule has 1 radical (unpaired) electrons. The summed E-state index contributed by atoms with van der Waals surface area (Å²) in [6.45, 7) is 5.30. The predicted molar refractivity (Wildman–Crippen MR) is 30.3 cm³/mol. The molecule has 8 heavy (non-hydrogen) atoms. The molecule has 1 rings (SSSR count). The van der Waals surface area contributed by atoms with Crippen molar-refractivity contribution in [2.24, 2.45) is 0 Å². The van der Waals surface area contributed by atoms with Crippen molar-refractivity contribution in [2.45, 2.75) is 19.6 Å². The molecule has 0 aromatic carbocycles. The van der Waals surface area contributed by atoms with E-state index in [2.05, 4.69) is 0 Å². The van der Waals surface area contributed by atoms with E-state index in [0.29, 0.717) is 0 Å². The van der Waals surface area contributed by atoms with Gasteiger partial charge in [-0.15, -0.1) is 0 Å². The van der Waals surface area contributed by atoms with E-state index in [1.807, 2.05) is 20.3 Å². The van der Waals surface area contributed by atoms with Crippen molar-refractivity contribution < 1.29 is 9.47 Å². The summed E-state index contributed by atoms with van der Waals surface area (Å²) >= 11 is 0. The molecule has 2 nitrogen and oxygen atoms in total. The second kappa shape index (κ2) is 2.03. The standard InChI is InChI=1S/C6H11O2/c1-3-6(2)7-4-5-8-6/h3H,4-5H2,1-2H3. The number of rotatable bonds is 1. The summed E-state index contributed by atoms with van der Waals surface area (Å²) in [7, 11) is 0. The van der Waals surface area contributed by atoms with Gasteiger partial charge in [-0.25, -0.2) is 0 Å². The third kappa shape index (κ3) is 1.01. The summed E-state index contributed by atoms with van der Waals surface area (Å²) in [5.74, 6) is -0.389. The van der Waals surface area contributed by atoms with Crippen LogP contribution in [0.15, 0.2) is 0 Å². The molecule has 1 heterocycles. The zero-order chi connectivity index (χ0) is 6.04. The fraction of sp³-hybridized carbons (Fsp3) is 0.833. The number of ether oxygens (including phenoxy) is 2. The van der Waals surface area contributed by atoms with E-state index in [1.165, 1.54) is 0 Å². The van der Waals surface area contributed by atoms with Gasteiger partial charge in [-0.3, -0.25) is 0 Å². The van der Waals surface area contributed by atoms with E-state index in [9.17, 15) is 0 Å². The van der Waals surface area contributed by atoms with Gasteiger partial charge >= 0.3 is 0 Å². The molecule has 0 amide bonds. The molecule has 0 spiro atoms. The van der Waals surface area contributed by atoms with E-state index in [1.54, 1.807) is 0 Å². The first-order valence-corrected chi connectivity index (χ1v) is 2.85. The Kier molecular flexibility index (Phi) is 1.54. The second-order valence-electron chi connectivity index (χ2n) is 2.00. The molecule has 2 heteroatoms. The van der Waals surface area contributed by atoms with Crippen molar-refractivity contribution in [3.8, 4) is 0 Å². The van der Waals surface area contributed by atoms with Gasteiger partial charge in [0.05, 0.1) is 13.2 Å². The molecular formula is C6H11O2. The van der Waals surface area contributed by atoms with Gasteiger partial charge in [0, 0.05) is 6.42 Å². The summed E-state index contributed by atoms with van der Waals surface area (Å²) in [6, 6.07) is 0. The monoisotopic (exact) mass is 115 g/mol. The van der Waals surface area contributed by atoms with Crippen LogP contribution < -0.4 is 0 Å². The van der Waals surface area contributed by atoms with Gasteiger partial charge in [-0.2, -0.15) is 0 Å². The second-order valence-corrected chi connectivity index (χ2v) is 2.00. The summed E-state index contributed by atoms with van der Waals surface area (Å²) < 4.78 is 10.4. The highest BCUT2D eigenvalue weighted by Gasteiger charge is 2.28. The quantitative estimate of drug-likeness (QED) is 0.507. The molecule has 0 aromatic heterocycles. The topological polar surface area (TPSA) is 18.5 Å². The minimum absolute atomic E-state index is 0.389. The predicted octanol–water partition coefficient (Wildman–Crippen LogP) is 0.974. The summed E-state index contributed by atoms with van der Waals surface area (Å²) in [5, 5.41) is 0. The fourth-order valence-corrected chi connectivity index (χ4v) is 0.697. The highest BCUT2D eigenvalue weighted by atomic mass is 16.7. The van der Waals surface area contributed by atoms with Gasteiger partial charge in [0.1, 0.15) is 0 Å². The molecule has 1 saturated heterocycles. The van der Waals surface area contributed by atoms with Crippen molar-refractivity contribution in [1.82, 2.24) is 0 Å². The zero-order valence-electron chi connectivity index (χ0n) is 5.31. The van der Waals surface area contributed by atoms with E-state index < -0.39 is 0 Å². The van der Waals surface area contributed by atoms with Crippen LogP contribution in [0.3, 0.4) is 0 Å². The van der Waals surface area contributed by atoms with Gasteiger partial charge in [0.15, 0.2) is 5.79 Å². The van der Waals surface area contributed by atoms with Gasteiger partial charge in [0.2, 0.25) is 0 Å². The Labute approximate surface area is 49.8 Å². The van der Waals surface area contributed by atoms with Crippen LogP contribution in [-0.4, -0.2) is 19.0 Å². The summed E-state index contributed by atoms with van der Waals surface area (Å²) in [6.07, 6.45) is 1.92. The minimum Gasteiger partial charge on any atom is -0.348 e. The maximum atomic E-state index is 5.21. The Bertz CT molecular complexity index is 74.6. The van der Waals surface area contributed by atoms with Crippen LogP contribution in [0.2, 0.25) is 0 Å². The third-order valence-corrected chi connectivity index (χ3v) is 1.39. The molecule has 47 valence electrons. The van der Waals surface area contributed by atoms with Crippen molar-refractivity contribution in [3.05, 3.63) is 6.42 Å². The van der Waals surface area contributed by atoms with Crippen LogP contribution in [-0.2, 0) is 9.47 Å². The lowest BCUT2D eigenvalue weighted by Crippen LogP contribution is -2.24. The van der Waals surface area contributed by atoms with Crippen LogP contribution in [0.25, 0.3) is 0 Å². The molecule has 0 bridgehead atoms. The minimum atomic E-state index is -0.389. The summed E-state index contributed by atoms with van der Waals surface area (Å²) in [5.41, 5.74) is 0. The first kappa shape index (κ1) is 6.05. The average molecular weight is 115 g/mol. The number of hydrogen-bond acceptors (Lipinski definition) is 2. The third-order valence-electron chi connectivity index (χ3n) is 1.39. The van der Waals surface area contributed by atoms with Crippen LogP contribution >= 0.6 is 0 Å². The van der Waals surface area contributed by atoms with E-state index in [-0.39, 0.29) is 5.79 Å². The molecule has 1 aliphatic heterocycles. The molecular weight excluding hydrogens is 104 g/mol. The molecule has 1 aliphatic rings. The Morgan fingerprint density at radius 2 is 1.88 bits per heavy atom. The maximum Gasteiger partial charge on any atom is 0.168 e. The van der Waals surface area contributed by atoms with Crippen molar-refractivity contribution in [3.63, 3.8) is 0 Å². The molecule has 0 aliphatic carbocycles. The van der Waals surface area contributed by atoms with Crippen LogP contribution in [0.5, 0.6) is 0 Å². The lowest BCUT2D eigenvalue weighted by atomic mass is 10.2. The van der Waals surface area contributed by atoms with Gasteiger partial charge in [-0.05, 0) is 6.92 Å². The van der Waals surface area contributed by atoms with E-state index >= 15 is 0 Å². The maximum absolute atomic E-state index is 5.21. The first-order valence-electron chi connectivity index (χ1n) is 2.85. The van der Waals surface area contributed by atoms with Crippen LogP contribution in [0.4, 0.5) is 0 Å². The molecule has 0 N–H and O–H groups in total. The zero-order valence-corrected chi connectivity index (χ0v) is 5.31. The van der Waals surface area contributed by atoms with Crippen molar-refractivity contribution in [2.75, 3.05) is 13.2 Å². The van der Waals surface area contributed by atoms with Crippen molar-refractivity contribution in [1.29, 1.82) is 0 Å². The molecule has 0 aromatic rings. The Morgan fingerprint density at radius 1 is 1.38 bits per heavy atom. The number of hydrogen-bond donors (Lipinski definition) is 0. The Morgan fingerprint density at radius 3 is 2.12 bits per heavy atom. The summed E-state index contributed by atoms with van der Waals surface area (Å²) in [4.78, 5) is 0. The molecule has 0 atom stereocenters. The van der Waals surface area contributed by atoms with Crippen LogP contribution in [0, 0.1) is 6.42 Å². The Hall–Kier alpha value is -0.0800. The first-order chi connectivity index (χ1) is 3.77. The fourth-order valence-electron chi connectivity index (χ4n) is 0.697. The van der Waals surface area contributed by atoms with E-state index in [4.69, 9.17) is 9.47 Å².